The summed E-state index contributed by atoms with van der Waals surface area (Å²) in [6.45, 7) is 2.66. The highest BCUT2D eigenvalue weighted by atomic mass is 35.5. The van der Waals surface area contributed by atoms with Crippen molar-refractivity contribution in [3.63, 3.8) is 0 Å². The van der Waals surface area contributed by atoms with Crippen molar-refractivity contribution >= 4 is 51.4 Å². The largest absolute Gasteiger partial charge is 0.495 e. The van der Waals surface area contributed by atoms with Gasteiger partial charge in [0.25, 0.3) is 0 Å². The second-order valence-electron chi connectivity index (χ2n) is 7.31. The van der Waals surface area contributed by atoms with Gasteiger partial charge in [-0.3, -0.25) is 4.90 Å². The number of nitrogens with zero attached hydrogens (tertiary/aromatic N) is 3. The summed E-state index contributed by atoms with van der Waals surface area (Å²) in [6.07, 6.45) is 0. The van der Waals surface area contributed by atoms with E-state index in [1.807, 2.05) is 53.4 Å². The van der Waals surface area contributed by atoms with E-state index >= 15 is 0 Å². The van der Waals surface area contributed by atoms with Crippen molar-refractivity contribution in [3.05, 3.63) is 64.6 Å². The molecule has 0 aliphatic carbocycles. The molecule has 1 aliphatic rings. The van der Waals surface area contributed by atoms with E-state index in [1.165, 1.54) is 0 Å². The zero-order valence-corrected chi connectivity index (χ0v) is 18.5. The maximum Gasteiger partial charge on any atom is 0.324 e. The van der Waals surface area contributed by atoms with E-state index in [-0.39, 0.29) is 6.03 Å². The molecule has 156 valence electrons. The first-order chi connectivity index (χ1) is 14.5. The predicted octanol–water partition coefficient (Wildman–Crippen LogP) is 5.53. The van der Waals surface area contributed by atoms with Gasteiger partial charge in [-0.25, -0.2) is 4.79 Å². The van der Waals surface area contributed by atoms with Gasteiger partial charge in [-0.1, -0.05) is 47.5 Å². The number of amides is 2. The van der Waals surface area contributed by atoms with Crippen LogP contribution < -0.4 is 14.5 Å². The molecule has 0 atom stereocenters. The van der Waals surface area contributed by atoms with Crippen molar-refractivity contribution in [2.75, 3.05) is 50.1 Å². The molecular formula is C23H23Cl2N3O2. The lowest BCUT2D eigenvalue weighted by molar-refractivity contribution is 0.202. The highest BCUT2D eigenvalue weighted by Gasteiger charge is 2.26. The minimum Gasteiger partial charge on any atom is -0.495 e. The first-order valence-electron chi connectivity index (χ1n) is 9.77. The molecule has 0 saturated carbocycles. The maximum absolute atomic E-state index is 13.2. The molecule has 5 nitrogen and oxygen atoms in total. The van der Waals surface area contributed by atoms with Crippen LogP contribution in [0, 0.1) is 0 Å². The summed E-state index contributed by atoms with van der Waals surface area (Å²) in [7, 11) is 3.42. The normalized spacial score (nSPS) is 14.1. The van der Waals surface area contributed by atoms with Crippen molar-refractivity contribution in [1.29, 1.82) is 0 Å². The Labute approximate surface area is 186 Å². The minimum absolute atomic E-state index is 0.0487. The molecule has 7 heteroatoms. The summed E-state index contributed by atoms with van der Waals surface area (Å²) in [6, 6.07) is 17.5. The van der Waals surface area contributed by atoms with Crippen LogP contribution in [0.2, 0.25) is 10.0 Å². The van der Waals surface area contributed by atoms with E-state index in [1.54, 1.807) is 25.1 Å². The van der Waals surface area contributed by atoms with E-state index in [9.17, 15) is 4.79 Å². The molecule has 2 amide bonds. The molecule has 1 saturated heterocycles. The fourth-order valence-corrected chi connectivity index (χ4v) is 4.34. The molecule has 0 aromatic heterocycles. The smallest absolute Gasteiger partial charge is 0.324 e. The number of methoxy groups -OCH3 is 1. The van der Waals surface area contributed by atoms with E-state index in [0.29, 0.717) is 42.0 Å². The van der Waals surface area contributed by atoms with Crippen molar-refractivity contribution in [2.24, 2.45) is 0 Å². The zero-order chi connectivity index (χ0) is 21.3. The molecule has 3 aromatic carbocycles. The van der Waals surface area contributed by atoms with Gasteiger partial charge in [-0.2, -0.15) is 0 Å². The number of fused-ring (bicyclic) bond motifs is 1. The van der Waals surface area contributed by atoms with Gasteiger partial charge in [-0.15, -0.1) is 0 Å². The number of halogens is 2. The van der Waals surface area contributed by atoms with E-state index in [0.717, 1.165) is 22.1 Å². The van der Waals surface area contributed by atoms with Crippen molar-refractivity contribution in [1.82, 2.24) is 4.90 Å². The van der Waals surface area contributed by atoms with Crippen LogP contribution >= 0.6 is 23.2 Å². The molecule has 0 unspecified atom stereocenters. The Morgan fingerprint density at radius 3 is 2.13 bits per heavy atom. The molecule has 1 aliphatic heterocycles. The van der Waals surface area contributed by atoms with Crippen LogP contribution in [0.5, 0.6) is 5.75 Å². The topological polar surface area (TPSA) is 36.0 Å². The number of benzene rings is 3. The third-order valence-corrected chi connectivity index (χ3v) is 5.89. The highest BCUT2D eigenvalue weighted by molar-refractivity contribution is 6.35. The fourth-order valence-electron chi connectivity index (χ4n) is 3.83. The van der Waals surface area contributed by atoms with Crippen LogP contribution in [0.1, 0.15) is 0 Å². The summed E-state index contributed by atoms with van der Waals surface area (Å²) in [5.74, 6) is 0.678. The molecule has 0 bridgehead atoms. The lowest BCUT2D eigenvalue weighted by Gasteiger charge is -2.38. The van der Waals surface area contributed by atoms with Gasteiger partial charge in [-0.05, 0) is 41.1 Å². The van der Waals surface area contributed by atoms with Gasteiger partial charge in [0.2, 0.25) is 0 Å². The number of hydrogen-bond donors (Lipinski definition) is 0. The molecule has 1 heterocycles. The Morgan fingerprint density at radius 2 is 1.53 bits per heavy atom. The lowest BCUT2D eigenvalue weighted by atomic mass is 10.1. The van der Waals surface area contributed by atoms with Gasteiger partial charge >= 0.3 is 6.03 Å². The summed E-state index contributed by atoms with van der Waals surface area (Å²) >= 11 is 12.3. The Bertz CT molecular complexity index is 1060. The van der Waals surface area contributed by atoms with Crippen LogP contribution in [0.25, 0.3) is 10.8 Å². The second kappa shape index (κ2) is 8.62. The number of carbonyl (C=O) groups is 1. The number of anilines is 2. The summed E-state index contributed by atoms with van der Waals surface area (Å²) < 4.78 is 5.56. The van der Waals surface area contributed by atoms with Gasteiger partial charge < -0.3 is 14.5 Å². The van der Waals surface area contributed by atoms with Gasteiger partial charge in [0, 0.05) is 49.0 Å². The molecule has 0 spiro atoms. The Morgan fingerprint density at radius 1 is 0.933 bits per heavy atom. The van der Waals surface area contributed by atoms with Crippen LogP contribution in [0.3, 0.4) is 0 Å². The van der Waals surface area contributed by atoms with Crippen LogP contribution in [0.4, 0.5) is 16.2 Å². The van der Waals surface area contributed by atoms with Crippen molar-refractivity contribution in [2.45, 2.75) is 0 Å². The van der Waals surface area contributed by atoms with Gasteiger partial charge in [0.05, 0.1) is 12.8 Å². The SMILES string of the molecule is COc1cc2ccccc2cc1N(C)C(=O)N1CCN(c2cc(Cl)cc(Cl)c2)CC1. The Balaban J connectivity index is 1.49. The van der Waals surface area contributed by atoms with Crippen molar-refractivity contribution in [3.8, 4) is 5.75 Å². The average molecular weight is 444 g/mol. The number of urea groups is 1. The summed E-state index contributed by atoms with van der Waals surface area (Å²) in [5.41, 5.74) is 1.73. The minimum atomic E-state index is -0.0487. The molecule has 4 rings (SSSR count). The first-order valence-corrected chi connectivity index (χ1v) is 10.5. The number of hydrogen-bond acceptors (Lipinski definition) is 3. The van der Waals surface area contributed by atoms with E-state index in [2.05, 4.69) is 4.90 Å². The zero-order valence-electron chi connectivity index (χ0n) is 16.9. The third kappa shape index (κ3) is 4.13. The molecule has 0 radical (unpaired) electrons. The number of rotatable bonds is 3. The number of carbonyl (C=O) groups excluding carboxylic acids is 1. The lowest BCUT2D eigenvalue weighted by Crippen LogP contribution is -2.52. The van der Waals surface area contributed by atoms with Gasteiger partial charge in [0.1, 0.15) is 5.75 Å². The monoisotopic (exact) mass is 443 g/mol. The summed E-state index contributed by atoms with van der Waals surface area (Å²) in [4.78, 5) is 18.9. The quantitative estimate of drug-likeness (QED) is 0.533. The fraction of sp³-hybridized carbons (Fsp3) is 0.261. The third-order valence-electron chi connectivity index (χ3n) is 5.46. The highest BCUT2D eigenvalue weighted by Crippen LogP contribution is 2.33. The molecule has 0 N–H and O–H groups in total. The van der Waals surface area contributed by atoms with Crippen LogP contribution in [0.15, 0.2) is 54.6 Å². The number of ether oxygens (including phenoxy) is 1. The Kier molecular flexibility index (Phi) is 5.93. The molecule has 1 fully saturated rings. The maximum atomic E-state index is 13.2. The molecule has 3 aromatic rings. The van der Waals surface area contributed by atoms with Crippen molar-refractivity contribution < 1.29 is 9.53 Å². The number of piperazine rings is 1. The first kappa shape index (κ1) is 20.6. The van der Waals surface area contributed by atoms with Crippen LogP contribution in [-0.4, -0.2) is 51.3 Å². The van der Waals surface area contributed by atoms with E-state index in [4.69, 9.17) is 27.9 Å². The Hall–Kier alpha value is -2.63. The summed E-state index contributed by atoms with van der Waals surface area (Å²) in [5, 5.41) is 3.36. The second-order valence-corrected chi connectivity index (χ2v) is 8.19. The van der Waals surface area contributed by atoms with Gasteiger partial charge in [0.15, 0.2) is 0 Å². The molecular weight excluding hydrogens is 421 g/mol. The van der Waals surface area contributed by atoms with E-state index < -0.39 is 0 Å². The van der Waals surface area contributed by atoms with Crippen LogP contribution in [-0.2, 0) is 0 Å². The standard InChI is InChI=1S/C23H23Cl2N3O2/c1-26(21-11-16-5-3-4-6-17(16)12-22(21)30-2)23(29)28-9-7-27(8-10-28)20-14-18(24)13-19(25)15-20/h3-6,11-15H,7-10H2,1-2H3. The predicted molar refractivity (Wildman–Crippen MR) is 125 cm³/mol. The average Bonchev–Trinajstić information content (AvgIpc) is 2.76. The molecule has 30 heavy (non-hydrogen) atoms.